The van der Waals surface area contributed by atoms with Gasteiger partial charge in [-0.1, -0.05) is 6.07 Å². The molecule has 0 saturated carbocycles. The van der Waals surface area contributed by atoms with Crippen LogP contribution < -0.4 is 5.32 Å². The van der Waals surface area contributed by atoms with E-state index in [1.807, 2.05) is 0 Å². The minimum absolute atomic E-state index is 0.204. The van der Waals surface area contributed by atoms with E-state index in [4.69, 9.17) is 0 Å². The van der Waals surface area contributed by atoms with Crippen molar-refractivity contribution >= 4 is 11.6 Å². The smallest absolute Gasteiger partial charge is 0.255 e. The molecule has 0 radical (unpaired) electrons. The van der Waals surface area contributed by atoms with Gasteiger partial charge in [-0.25, -0.2) is 17.6 Å². The van der Waals surface area contributed by atoms with Crippen molar-refractivity contribution < 1.29 is 22.4 Å². The standard InChI is InChI=1S/C15H11F4NO/c1-8-4-9(2-3-10(8)7-16)15(21)20-11-5-12(17)14(19)13(18)6-11/h2-6H,7H2,1H3,(H,20,21). The summed E-state index contributed by atoms with van der Waals surface area (Å²) < 4.78 is 51.5. The molecule has 0 fully saturated rings. The number of carbonyl (C=O) groups is 1. The Morgan fingerprint density at radius 2 is 1.71 bits per heavy atom. The molecule has 2 aromatic rings. The van der Waals surface area contributed by atoms with Gasteiger partial charge in [0.1, 0.15) is 6.67 Å². The van der Waals surface area contributed by atoms with Gasteiger partial charge in [-0.3, -0.25) is 4.79 Å². The Morgan fingerprint density at radius 1 is 1.10 bits per heavy atom. The van der Waals surface area contributed by atoms with Crippen LogP contribution in [0.2, 0.25) is 0 Å². The van der Waals surface area contributed by atoms with Crippen LogP contribution in [-0.4, -0.2) is 5.91 Å². The number of halogens is 4. The van der Waals surface area contributed by atoms with Crippen molar-refractivity contribution in [3.05, 3.63) is 64.5 Å². The van der Waals surface area contributed by atoms with Crippen molar-refractivity contribution in [2.75, 3.05) is 5.32 Å². The molecule has 21 heavy (non-hydrogen) atoms. The molecule has 0 bridgehead atoms. The van der Waals surface area contributed by atoms with Crippen LogP contribution in [0.3, 0.4) is 0 Å². The lowest BCUT2D eigenvalue weighted by molar-refractivity contribution is 0.102. The first-order chi connectivity index (χ1) is 9.92. The molecule has 0 aliphatic rings. The lowest BCUT2D eigenvalue weighted by Crippen LogP contribution is -2.13. The van der Waals surface area contributed by atoms with Crippen molar-refractivity contribution in [2.45, 2.75) is 13.6 Å². The molecule has 0 aromatic heterocycles. The number of aryl methyl sites for hydroxylation is 1. The summed E-state index contributed by atoms with van der Waals surface area (Å²) in [6.45, 7) is 0.991. The maximum atomic E-state index is 13.0. The summed E-state index contributed by atoms with van der Waals surface area (Å²) >= 11 is 0. The van der Waals surface area contributed by atoms with E-state index in [1.165, 1.54) is 18.2 Å². The summed E-state index contributed by atoms with van der Waals surface area (Å²) in [6, 6.07) is 5.67. The van der Waals surface area contributed by atoms with Gasteiger partial charge in [0.15, 0.2) is 17.5 Å². The molecule has 0 saturated heterocycles. The van der Waals surface area contributed by atoms with Crippen LogP contribution in [0.5, 0.6) is 0 Å². The SMILES string of the molecule is Cc1cc(C(=O)Nc2cc(F)c(F)c(F)c2)ccc1CF. The summed E-state index contributed by atoms with van der Waals surface area (Å²) in [5, 5.41) is 2.25. The van der Waals surface area contributed by atoms with E-state index in [9.17, 15) is 22.4 Å². The van der Waals surface area contributed by atoms with Gasteiger partial charge in [0.25, 0.3) is 5.91 Å². The van der Waals surface area contributed by atoms with Gasteiger partial charge >= 0.3 is 0 Å². The highest BCUT2D eigenvalue weighted by Crippen LogP contribution is 2.19. The molecular weight excluding hydrogens is 286 g/mol. The number of nitrogens with one attached hydrogen (secondary N) is 1. The first kappa shape index (κ1) is 15.0. The number of hydrogen-bond acceptors (Lipinski definition) is 1. The normalized spacial score (nSPS) is 10.5. The molecule has 0 aliphatic carbocycles. The predicted octanol–water partition coefficient (Wildman–Crippen LogP) is 4.13. The van der Waals surface area contributed by atoms with E-state index in [0.717, 1.165) is 0 Å². The Hall–Kier alpha value is -2.37. The van der Waals surface area contributed by atoms with E-state index < -0.39 is 30.0 Å². The molecule has 110 valence electrons. The molecule has 0 atom stereocenters. The van der Waals surface area contributed by atoms with Crippen LogP contribution in [0.1, 0.15) is 21.5 Å². The largest absolute Gasteiger partial charge is 0.322 e. The highest BCUT2D eigenvalue weighted by atomic mass is 19.2. The molecule has 2 rings (SSSR count). The van der Waals surface area contributed by atoms with Crippen LogP contribution in [0.15, 0.2) is 30.3 Å². The first-order valence-corrected chi connectivity index (χ1v) is 6.03. The molecule has 2 aromatic carbocycles. The predicted molar refractivity (Wildman–Crippen MR) is 70.3 cm³/mol. The lowest BCUT2D eigenvalue weighted by atomic mass is 10.1. The molecule has 0 unspecified atom stereocenters. The third-order valence-corrected chi connectivity index (χ3v) is 2.99. The number of amides is 1. The van der Waals surface area contributed by atoms with Crippen LogP contribution in [0, 0.1) is 24.4 Å². The quantitative estimate of drug-likeness (QED) is 0.669. The molecule has 1 amide bonds. The monoisotopic (exact) mass is 297 g/mol. The number of anilines is 1. The second-order valence-electron chi connectivity index (χ2n) is 4.48. The fourth-order valence-corrected chi connectivity index (χ4v) is 1.82. The Bertz CT molecular complexity index is 677. The topological polar surface area (TPSA) is 29.1 Å². The molecule has 2 nitrogen and oxygen atoms in total. The molecular formula is C15H11F4NO. The summed E-state index contributed by atoms with van der Waals surface area (Å²) in [5.41, 5.74) is 1.03. The first-order valence-electron chi connectivity index (χ1n) is 6.03. The Kier molecular flexibility index (Phi) is 4.26. The lowest BCUT2D eigenvalue weighted by Gasteiger charge is -2.08. The summed E-state index contributed by atoms with van der Waals surface area (Å²) in [5.74, 6) is -5.02. The van der Waals surface area contributed by atoms with Crippen molar-refractivity contribution in [2.24, 2.45) is 0 Å². The van der Waals surface area contributed by atoms with Crippen LogP contribution in [0.25, 0.3) is 0 Å². The molecule has 0 heterocycles. The van der Waals surface area contributed by atoms with Gasteiger partial charge in [-0.15, -0.1) is 0 Å². The molecule has 1 N–H and O–H groups in total. The molecule has 0 aliphatic heterocycles. The fourth-order valence-electron chi connectivity index (χ4n) is 1.82. The number of hydrogen-bond donors (Lipinski definition) is 1. The third-order valence-electron chi connectivity index (χ3n) is 2.99. The van der Waals surface area contributed by atoms with Crippen molar-refractivity contribution in [3.8, 4) is 0 Å². The highest BCUT2D eigenvalue weighted by molar-refractivity contribution is 6.04. The third kappa shape index (κ3) is 3.21. The van der Waals surface area contributed by atoms with Crippen LogP contribution in [-0.2, 0) is 6.67 Å². The van der Waals surface area contributed by atoms with E-state index in [-0.39, 0.29) is 11.3 Å². The maximum absolute atomic E-state index is 13.0. The Morgan fingerprint density at radius 3 is 2.24 bits per heavy atom. The average molecular weight is 297 g/mol. The number of benzene rings is 2. The molecule has 0 spiro atoms. The zero-order valence-corrected chi connectivity index (χ0v) is 11.0. The maximum Gasteiger partial charge on any atom is 0.255 e. The average Bonchev–Trinajstić information content (AvgIpc) is 2.44. The second-order valence-corrected chi connectivity index (χ2v) is 4.48. The van der Waals surface area contributed by atoms with Crippen LogP contribution >= 0.6 is 0 Å². The minimum atomic E-state index is -1.60. The Balaban J connectivity index is 2.24. The Labute approximate surface area is 118 Å². The van der Waals surface area contributed by atoms with Gasteiger partial charge in [0, 0.05) is 23.4 Å². The van der Waals surface area contributed by atoms with Gasteiger partial charge in [-0.2, -0.15) is 0 Å². The van der Waals surface area contributed by atoms with Gasteiger partial charge in [0.05, 0.1) is 0 Å². The number of alkyl halides is 1. The fraction of sp³-hybridized carbons (Fsp3) is 0.133. The van der Waals surface area contributed by atoms with Gasteiger partial charge in [0.2, 0.25) is 0 Å². The summed E-state index contributed by atoms with van der Waals surface area (Å²) in [7, 11) is 0. The number of carbonyl (C=O) groups excluding carboxylic acids is 1. The van der Waals surface area contributed by atoms with Gasteiger partial charge < -0.3 is 5.32 Å². The van der Waals surface area contributed by atoms with E-state index in [2.05, 4.69) is 5.32 Å². The zero-order valence-electron chi connectivity index (χ0n) is 11.0. The van der Waals surface area contributed by atoms with Crippen LogP contribution in [0.4, 0.5) is 23.2 Å². The van der Waals surface area contributed by atoms with Gasteiger partial charge in [-0.05, 0) is 30.2 Å². The minimum Gasteiger partial charge on any atom is -0.322 e. The highest BCUT2D eigenvalue weighted by Gasteiger charge is 2.13. The number of rotatable bonds is 3. The van der Waals surface area contributed by atoms with E-state index in [1.54, 1.807) is 6.92 Å². The summed E-state index contributed by atoms with van der Waals surface area (Å²) in [6.07, 6.45) is 0. The van der Waals surface area contributed by atoms with Crippen molar-refractivity contribution in [1.29, 1.82) is 0 Å². The van der Waals surface area contributed by atoms with E-state index >= 15 is 0 Å². The van der Waals surface area contributed by atoms with Crippen molar-refractivity contribution in [3.63, 3.8) is 0 Å². The zero-order chi connectivity index (χ0) is 15.6. The van der Waals surface area contributed by atoms with E-state index in [0.29, 0.717) is 23.3 Å². The summed E-state index contributed by atoms with van der Waals surface area (Å²) in [4.78, 5) is 11.9. The van der Waals surface area contributed by atoms with Crippen molar-refractivity contribution in [1.82, 2.24) is 0 Å². The second kappa shape index (κ2) is 5.95. The molecule has 6 heteroatoms.